The van der Waals surface area contributed by atoms with Crippen LogP contribution in [0, 0.1) is 0 Å². The number of amides is 1. The molecule has 0 aliphatic heterocycles. The molecule has 18 heavy (non-hydrogen) atoms. The predicted octanol–water partition coefficient (Wildman–Crippen LogP) is 2.76. The molecule has 0 unspecified atom stereocenters. The number of carbonyl (C=O) groups excluding carboxylic acids is 1. The van der Waals surface area contributed by atoms with Crippen LogP contribution in [0.25, 0.3) is 10.2 Å². The van der Waals surface area contributed by atoms with Crippen molar-refractivity contribution in [2.75, 3.05) is 0 Å². The van der Waals surface area contributed by atoms with Crippen molar-refractivity contribution < 1.29 is 9.21 Å². The van der Waals surface area contributed by atoms with E-state index in [0.29, 0.717) is 12.2 Å². The van der Waals surface area contributed by atoms with Gasteiger partial charge in [-0.1, -0.05) is 0 Å². The van der Waals surface area contributed by atoms with Gasteiger partial charge in [-0.3, -0.25) is 4.79 Å². The summed E-state index contributed by atoms with van der Waals surface area (Å²) in [5.41, 5.74) is 1.76. The average molecular weight is 260 g/mol. The van der Waals surface area contributed by atoms with Crippen LogP contribution in [-0.4, -0.2) is 10.5 Å². The summed E-state index contributed by atoms with van der Waals surface area (Å²) in [6.45, 7) is 0.407. The molecule has 0 atom stereocenters. The zero-order valence-corrected chi connectivity index (χ0v) is 10.7. The average Bonchev–Trinajstić information content (AvgIpc) is 3.05. The molecule has 3 aromatic heterocycles. The number of aryl methyl sites for hydroxylation is 1. The highest BCUT2D eigenvalue weighted by atomic mass is 32.1. The fourth-order valence-corrected chi connectivity index (χ4v) is 2.79. The van der Waals surface area contributed by atoms with Crippen molar-refractivity contribution in [2.45, 2.75) is 6.54 Å². The fraction of sp³-hybridized carbons (Fsp3) is 0.154. The summed E-state index contributed by atoms with van der Waals surface area (Å²) in [6.07, 6.45) is 1.60. The van der Waals surface area contributed by atoms with Gasteiger partial charge in [0, 0.05) is 7.05 Å². The number of hydrogen-bond acceptors (Lipinski definition) is 3. The highest BCUT2D eigenvalue weighted by Crippen LogP contribution is 2.24. The van der Waals surface area contributed by atoms with Crippen LogP contribution in [0.5, 0.6) is 0 Å². The first-order valence-corrected chi connectivity index (χ1v) is 6.47. The van der Waals surface area contributed by atoms with Crippen LogP contribution in [0.3, 0.4) is 0 Å². The van der Waals surface area contributed by atoms with E-state index in [2.05, 4.69) is 5.32 Å². The number of thiophene rings is 1. The molecule has 0 saturated heterocycles. The van der Waals surface area contributed by atoms with Crippen LogP contribution in [0.1, 0.15) is 16.2 Å². The van der Waals surface area contributed by atoms with Crippen LogP contribution < -0.4 is 5.32 Å². The Morgan fingerprint density at radius 2 is 2.39 bits per heavy atom. The lowest BCUT2D eigenvalue weighted by atomic mass is 10.4. The molecular formula is C13H12N2O2S. The number of furan rings is 1. The van der Waals surface area contributed by atoms with E-state index in [1.165, 1.54) is 0 Å². The van der Waals surface area contributed by atoms with Gasteiger partial charge >= 0.3 is 0 Å². The van der Waals surface area contributed by atoms with Crippen LogP contribution >= 0.6 is 11.3 Å². The minimum atomic E-state index is -0.0858. The van der Waals surface area contributed by atoms with Crippen LogP contribution in [-0.2, 0) is 13.6 Å². The van der Waals surface area contributed by atoms with Crippen LogP contribution in [0.4, 0.5) is 0 Å². The summed E-state index contributed by atoms with van der Waals surface area (Å²) in [5, 5.41) is 4.87. The normalized spacial score (nSPS) is 10.9. The Bertz CT molecular complexity index is 679. The molecule has 0 aliphatic rings. The molecule has 1 amide bonds. The van der Waals surface area contributed by atoms with Crippen molar-refractivity contribution in [1.82, 2.24) is 9.88 Å². The quantitative estimate of drug-likeness (QED) is 0.787. The first-order valence-electron chi connectivity index (χ1n) is 5.59. The van der Waals surface area contributed by atoms with Gasteiger partial charge in [-0.25, -0.2) is 0 Å². The Kier molecular flexibility index (Phi) is 2.68. The van der Waals surface area contributed by atoms with E-state index in [0.717, 1.165) is 16.0 Å². The minimum Gasteiger partial charge on any atom is -0.467 e. The molecule has 4 nitrogen and oxygen atoms in total. The maximum atomic E-state index is 12.1. The van der Waals surface area contributed by atoms with Crippen molar-refractivity contribution in [3.8, 4) is 0 Å². The van der Waals surface area contributed by atoms with Crippen molar-refractivity contribution >= 4 is 27.5 Å². The van der Waals surface area contributed by atoms with E-state index in [1.54, 1.807) is 23.7 Å². The molecule has 0 aliphatic carbocycles. The Labute approximate surface area is 108 Å². The molecule has 92 valence electrons. The van der Waals surface area contributed by atoms with Crippen molar-refractivity contribution in [1.29, 1.82) is 0 Å². The van der Waals surface area contributed by atoms with E-state index in [-0.39, 0.29) is 5.91 Å². The number of hydrogen-bond donors (Lipinski definition) is 1. The standard InChI is InChI=1S/C13H12N2O2S/c1-15-10-4-6-18-12(10)7-11(15)13(16)14-8-9-3-2-5-17-9/h2-7H,8H2,1H3,(H,14,16). The lowest BCUT2D eigenvalue weighted by molar-refractivity contribution is 0.0940. The molecule has 3 rings (SSSR count). The summed E-state index contributed by atoms with van der Waals surface area (Å²) in [6, 6.07) is 7.57. The molecular weight excluding hydrogens is 248 g/mol. The van der Waals surface area contributed by atoms with E-state index in [9.17, 15) is 4.79 Å². The van der Waals surface area contributed by atoms with Gasteiger partial charge in [0.15, 0.2) is 0 Å². The van der Waals surface area contributed by atoms with Gasteiger partial charge in [0.25, 0.3) is 5.91 Å². The summed E-state index contributed by atoms with van der Waals surface area (Å²) in [7, 11) is 1.90. The van der Waals surface area contributed by atoms with Crippen molar-refractivity contribution in [2.24, 2.45) is 7.05 Å². The zero-order valence-electron chi connectivity index (χ0n) is 9.84. The van der Waals surface area contributed by atoms with E-state index in [1.807, 2.05) is 35.2 Å². The first kappa shape index (κ1) is 11.1. The Morgan fingerprint density at radius 1 is 1.50 bits per heavy atom. The third-order valence-electron chi connectivity index (χ3n) is 2.90. The number of nitrogens with zero attached hydrogens (tertiary/aromatic N) is 1. The number of nitrogens with one attached hydrogen (secondary N) is 1. The monoisotopic (exact) mass is 260 g/mol. The van der Waals surface area contributed by atoms with Crippen LogP contribution in [0.15, 0.2) is 40.3 Å². The molecule has 5 heteroatoms. The second kappa shape index (κ2) is 4.34. The molecule has 0 spiro atoms. The van der Waals surface area contributed by atoms with E-state index in [4.69, 9.17) is 4.42 Å². The molecule has 3 heterocycles. The summed E-state index contributed by atoms with van der Waals surface area (Å²) in [5.74, 6) is 0.664. The minimum absolute atomic E-state index is 0.0858. The topological polar surface area (TPSA) is 47.2 Å². The summed E-state index contributed by atoms with van der Waals surface area (Å²) in [4.78, 5) is 12.1. The zero-order chi connectivity index (χ0) is 12.5. The molecule has 0 bridgehead atoms. The summed E-state index contributed by atoms with van der Waals surface area (Å²) < 4.78 is 8.21. The smallest absolute Gasteiger partial charge is 0.268 e. The highest BCUT2D eigenvalue weighted by Gasteiger charge is 2.13. The van der Waals surface area contributed by atoms with E-state index < -0.39 is 0 Å². The maximum absolute atomic E-state index is 12.1. The first-order chi connectivity index (χ1) is 8.75. The summed E-state index contributed by atoms with van der Waals surface area (Å²) >= 11 is 1.64. The largest absolute Gasteiger partial charge is 0.467 e. The molecule has 0 saturated carbocycles. The Morgan fingerprint density at radius 3 is 3.11 bits per heavy atom. The highest BCUT2D eigenvalue weighted by molar-refractivity contribution is 7.17. The third kappa shape index (κ3) is 1.82. The molecule has 1 N–H and O–H groups in total. The lowest BCUT2D eigenvalue weighted by Crippen LogP contribution is -2.24. The lowest BCUT2D eigenvalue weighted by Gasteiger charge is -2.04. The van der Waals surface area contributed by atoms with Crippen LogP contribution in [0.2, 0.25) is 0 Å². The Balaban J connectivity index is 1.79. The Hall–Kier alpha value is -2.01. The molecule has 0 radical (unpaired) electrons. The van der Waals surface area contributed by atoms with Gasteiger partial charge in [0.1, 0.15) is 11.5 Å². The van der Waals surface area contributed by atoms with Gasteiger partial charge in [0.05, 0.1) is 23.0 Å². The third-order valence-corrected chi connectivity index (χ3v) is 3.75. The van der Waals surface area contributed by atoms with Gasteiger partial charge in [-0.05, 0) is 29.6 Å². The van der Waals surface area contributed by atoms with E-state index >= 15 is 0 Å². The SMILES string of the molecule is Cn1c(C(=O)NCc2ccco2)cc2sccc21. The van der Waals surface area contributed by atoms with Gasteiger partial charge in [-0.15, -0.1) is 11.3 Å². The van der Waals surface area contributed by atoms with Gasteiger partial charge in [0.2, 0.25) is 0 Å². The molecule has 3 aromatic rings. The number of aromatic nitrogens is 1. The number of fused-ring (bicyclic) bond motifs is 1. The second-order valence-corrected chi connectivity index (χ2v) is 4.97. The predicted molar refractivity (Wildman–Crippen MR) is 70.7 cm³/mol. The fourth-order valence-electron chi connectivity index (χ4n) is 1.94. The molecule has 0 aromatic carbocycles. The number of rotatable bonds is 3. The maximum Gasteiger partial charge on any atom is 0.268 e. The number of carbonyl (C=O) groups is 1. The van der Waals surface area contributed by atoms with Crippen molar-refractivity contribution in [3.63, 3.8) is 0 Å². The van der Waals surface area contributed by atoms with Crippen molar-refractivity contribution in [3.05, 3.63) is 47.4 Å². The van der Waals surface area contributed by atoms with Gasteiger partial charge < -0.3 is 14.3 Å². The molecule has 0 fully saturated rings. The van der Waals surface area contributed by atoms with Gasteiger partial charge in [-0.2, -0.15) is 0 Å². The second-order valence-electron chi connectivity index (χ2n) is 4.02.